The Hall–Kier alpha value is 1.01. The molecule has 1 aliphatic carbocycles. The first-order valence-electron chi connectivity index (χ1n) is 7.34. The summed E-state index contributed by atoms with van der Waals surface area (Å²) < 4.78 is -9.38. The highest BCUT2D eigenvalue weighted by Crippen LogP contribution is 2.66. The average Bonchev–Trinajstić information content (AvgIpc) is 2.87. The molecular weight excluding hydrogens is 539 g/mol. The van der Waals surface area contributed by atoms with Crippen LogP contribution in [0.5, 0.6) is 0 Å². The van der Waals surface area contributed by atoms with E-state index in [0.717, 1.165) is 5.56 Å². The fourth-order valence-corrected chi connectivity index (χ4v) is 5.32. The Morgan fingerprint density at radius 2 is 1.22 bits per heavy atom. The van der Waals surface area contributed by atoms with Gasteiger partial charge in [0.05, 0.1) is 0 Å². The zero-order valence-corrected chi connectivity index (χ0v) is 19.7. The van der Waals surface area contributed by atoms with Gasteiger partial charge in [0.15, 0.2) is 8.67 Å². The molecule has 145 valence electrons. The molecular formula is C17H8Cl9O. The first kappa shape index (κ1) is 22.7. The molecule has 0 bridgehead atoms. The van der Waals surface area contributed by atoms with Gasteiger partial charge >= 0.3 is 0 Å². The van der Waals surface area contributed by atoms with E-state index in [2.05, 4.69) is 0 Å². The summed E-state index contributed by atoms with van der Waals surface area (Å²) in [6.45, 7) is 0. The van der Waals surface area contributed by atoms with E-state index >= 15 is 0 Å². The van der Waals surface area contributed by atoms with Crippen LogP contribution < -0.4 is 0 Å². The second-order valence-corrected chi connectivity index (χ2v) is 12.2. The highest BCUT2D eigenvalue weighted by atomic mass is 35.6. The van der Waals surface area contributed by atoms with Gasteiger partial charge in [0.1, 0.15) is 6.10 Å². The quantitative estimate of drug-likeness (QED) is 0.344. The van der Waals surface area contributed by atoms with Gasteiger partial charge in [-0.05, 0) is 22.3 Å². The number of rotatable bonds is 3. The van der Waals surface area contributed by atoms with Crippen LogP contribution in [0.15, 0.2) is 42.5 Å². The van der Waals surface area contributed by atoms with E-state index < -0.39 is 22.9 Å². The summed E-state index contributed by atoms with van der Waals surface area (Å²) in [7, 11) is 0. The summed E-state index contributed by atoms with van der Waals surface area (Å²) in [5, 5.41) is 13.1. The smallest absolute Gasteiger partial charge is 0.223 e. The van der Waals surface area contributed by atoms with Crippen molar-refractivity contribution in [3.8, 4) is 11.1 Å². The van der Waals surface area contributed by atoms with Gasteiger partial charge in [-0.2, -0.15) is 0 Å². The molecule has 1 unspecified atom stereocenters. The van der Waals surface area contributed by atoms with Crippen molar-refractivity contribution >= 4 is 104 Å². The molecule has 0 saturated carbocycles. The molecule has 1 atom stereocenters. The Morgan fingerprint density at radius 3 is 1.81 bits per heavy atom. The third-order valence-electron chi connectivity index (χ3n) is 4.38. The van der Waals surface area contributed by atoms with Crippen molar-refractivity contribution in [2.45, 2.75) is 22.9 Å². The number of fused-ring (bicyclic) bond motifs is 3. The normalized spacial score (nSPS) is 17.6. The minimum atomic E-state index is -2.43. The standard InChI is InChI=1S/C17H8Cl9O/c18-14(19,15(20,21)16(22,23)17(24,25)26)11-7-3-6-9-8-4-1-2-5-10(8)13(27)12(9)11/h1-7,13H. The SMILES string of the molecule is [O]C1c2ccccc2-c2cccc(C(Cl)(Cl)C(Cl)(Cl)C(Cl)(Cl)C(Cl)(Cl)Cl)c21. The summed E-state index contributed by atoms with van der Waals surface area (Å²) in [4.78, 5) is 0. The van der Waals surface area contributed by atoms with Crippen molar-refractivity contribution in [2.75, 3.05) is 0 Å². The molecule has 1 aliphatic rings. The van der Waals surface area contributed by atoms with Gasteiger partial charge in [0.2, 0.25) is 8.13 Å². The zero-order chi connectivity index (χ0) is 20.4. The van der Waals surface area contributed by atoms with Crippen molar-refractivity contribution in [2.24, 2.45) is 0 Å². The lowest BCUT2D eigenvalue weighted by Gasteiger charge is -2.44. The Kier molecular flexibility index (Phi) is 6.14. The molecule has 0 heterocycles. The lowest BCUT2D eigenvalue weighted by atomic mass is 9.95. The Labute approximate surface area is 201 Å². The summed E-state index contributed by atoms with van der Waals surface area (Å²) in [5.74, 6) is 0. The fourth-order valence-electron chi connectivity index (χ4n) is 3.03. The van der Waals surface area contributed by atoms with Crippen LogP contribution in [0.1, 0.15) is 22.8 Å². The number of hydrogen-bond donors (Lipinski definition) is 0. The molecule has 0 aliphatic heterocycles. The third-order valence-corrected chi connectivity index (χ3v) is 9.83. The predicted octanol–water partition coefficient (Wildman–Crippen LogP) is 8.54. The van der Waals surface area contributed by atoms with Crippen LogP contribution in [0.25, 0.3) is 11.1 Å². The summed E-state index contributed by atoms with van der Waals surface area (Å²) in [6.07, 6.45) is -1.26. The molecule has 0 amide bonds. The molecule has 0 saturated heterocycles. The molecule has 0 N–H and O–H groups in total. The molecule has 1 nitrogen and oxygen atoms in total. The summed E-state index contributed by atoms with van der Waals surface area (Å²) in [6, 6.07) is 12.1. The Balaban J connectivity index is 2.22. The maximum atomic E-state index is 13.1. The zero-order valence-electron chi connectivity index (χ0n) is 12.9. The van der Waals surface area contributed by atoms with Gasteiger partial charge in [-0.1, -0.05) is 147 Å². The summed E-state index contributed by atoms with van der Waals surface area (Å²) >= 11 is 55.7. The van der Waals surface area contributed by atoms with Gasteiger partial charge in [0.25, 0.3) is 0 Å². The summed E-state index contributed by atoms with van der Waals surface area (Å²) in [5.41, 5.74) is 2.43. The third kappa shape index (κ3) is 3.35. The highest BCUT2D eigenvalue weighted by molar-refractivity contribution is 6.80. The number of benzene rings is 2. The van der Waals surface area contributed by atoms with Crippen LogP contribution in [0, 0.1) is 0 Å². The molecule has 10 heteroatoms. The van der Waals surface area contributed by atoms with Crippen LogP contribution in [0.4, 0.5) is 0 Å². The van der Waals surface area contributed by atoms with E-state index in [9.17, 15) is 5.11 Å². The Bertz CT molecular complexity index is 886. The van der Waals surface area contributed by atoms with Crippen LogP contribution in [0.3, 0.4) is 0 Å². The first-order chi connectivity index (χ1) is 12.2. The molecule has 2 aromatic carbocycles. The van der Waals surface area contributed by atoms with Crippen LogP contribution in [0.2, 0.25) is 0 Å². The number of alkyl halides is 9. The van der Waals surface area contributed by atoms with E-state index in [1.165, 1.54) is 6.07 Å². The van der Waals surface area contributed by atoms with Crippen molar-refractivity contribution < 1.29 is 5.11 Å². The van der Waals surface area contributed by atoms with Crippen molar-refractivity contribution in [3.05, 3.63) is 59.2 Å². The van der Waals surface area contributed by atoms with Crippen molar-refractivity contribution in [1.29, 1.82) is 0 Å². The van der Waals surface area contributed by atoms with Crippen molar-refractivity contribution in [1.82, 2.24) is 0 Å². The molecule has 0 aromatic heterocycles. The maximum Gasteiger partial charge on any atom is 0.226 e. The van der Waals surface area contributed by atoms with Gasteiger partial charge in [-0.15, -0.1) is 0 Å². The predicted molar refractivity (Wildman–Crippen MR) is 117 cm³/mol. The van der Waals surface area contributed by atoms with Gasteiger partial charge in [0, 0.05) is 5.56 Å². The molecule has 27 heavy (non-hydrogen) atoms. The molecule has 2 aromatic rings. The second-order valence-electron chi connectivity index (χ2n) is 5.96. The van der Waals surface area contributed by atoms with Crippen LogP contribution >= 0.6 is 104 Å². The second kappa shape index (κ2) is 7.31. The van der Waals surface area contributed by atoms with Crippen LogP contribution in [-0.2, 0) is 9.44 Å². The van der Waals surface area contributed by atoms with E-state index in [-0.39, 0.29) is 5.56 Å². The number of halogens is 9. The first-order valence-corrected chi connectivity index (χ1v) is 10.7. The Morgan fingerprint density at radius 1 is 0.667 bits per heavy atom. The topological polar surface area (TPSA) is 19.9 Å². The highest BCUT2D eigenvalue weighted by Gasteiger charge is 2.69. The lowest BCUT2D eigenvalue weighted by Crippen LogP contribution is -2.55. The fraction of sp³-hybridized carbons (Fsp3) is 0.294. The van der Waals surface area contributed by atoms with Gasteiger partial charge in [-0.25, -0.2) is 5.11 Å². The molecule has 0 fully saturated rings. The monoisotopic (exact) mass is 543 g/mol. The average molecular weight is 547 g/mol. The maximum absolute atomic E-state index is 13.1. The molecule has 3 rings (SSSR count). The van der Waals surface area contributed by atoms with E-state index in [1.54, 1.807) is 24.3 Å². The van der Waals surface area contributed by atoms with E-state index in [1.807, 2.05) is 12.1 Å². The molecule has 1 radical (unpaired) electrons. The lowest BCUT2D eigenvalue weighted by molar-refractivity contribution is 0.127. The van der Waals surface area contributed by atoms with E-state index in [0.29, 0.717) is 16.7 Å². The minimum absolute atomic E-state index is 0.129. The van der Waals surface area contributed by atoms with E-state index in [4.69, 9.17) is 104 Å². The van der Waals surface area contributed by atoms with Crippen LogP contribution in [-0.4, -0.2) is 12.5 Å². The van der Waals surface area contributed by atoms with Crippen molar-refractivity contribution in [3.63, 3.8) is 0 Å². The largest absolute Gasteiger partial charge is 0.226 e. The molecule has 0 spiro atoms. The minimum Gasteiger partial charge on any atom is -0.223 e. The van der Waals surface area contributed by atoms with Gasteiger partial charge < -0.3 is 0 Å². The van der Waals surface area contributed by atoms with Gasteiger partial charge in [-0.3, -0.25) is 0 Å². The number of hydrogen-bond acceptors (Lipinski definition) is 0.